The van der Waals surface area contributed by atoms with Gasteiger partial charge in [-0.25, -0.2) is 0 Å². The van der Waals surface area contributed by atoms with Crippen molar-refractivity contribution in [2.24, 2.45) is 5.92 Å². The molecule has 17 heavy (non-hydrogen) atoms. The summed E-state index contributed by atoms with van der Waals surface area (Å²) in [6.45, 7) is 6.12. The molecule has 0 aliphatic heterocycles. The smallest absolute Gasteiger partial charge is 0.255 e. The number of nitrogens with one attached hydrogen (secondary N) is 1. The molecular formula is C13H18ClNO2. The Labute approximate surface area is 107 Å². The summed E-state index contributed by atoms with van der Waals surface area (Å²) < 4.78 is 5.44. The molecule has 0 saturated heterocycles. The fourth-order valence-electron chi connectivity index (χ4n) is 2.03. The van der Waals surface area contributed by atoms with Gasteiger partial charge in [-0.05, 0) is 39.5 Å². The van der Waals surface area contributed by atoms with Crippen molar-refractivity contribution >= 4 is 17.5 Å². The number of amides is 1. The van der Waals surface area contributed by atoms with Crippen molar-refractivity contribution in [1.29, 1.82) is 0 Å². The minimum absolute atomic E-state index is 0.0626. The quantitative estimate of drug-likeness (QED) is 0.841. The highest BCUT2D eigenvalue weighted by Crippen LogP contribution is 2.35. The van der Waals surface area contributed by atoms with Crippen molar-refractivity contribution in [3.63, 3.8) is 0 Å². The molecule has 0 spiro atoms. The molecule has 1 aliphatic rings. The van der Waals surface area contributed by atoms with Crippen LogP contribution >= 0.6 is 11.6 Å². The summed E-state index contributed by atoms with van der Waals surface area (Å²) in [6.07, 6.45) is 2.37. The largest absolute Gasteiger partial charge is 0.466 e. The highest BCUT2D eigenvalue weighted by Gasteiger charge is 2.30. The van der Waals surface area contributed by atoms with Crippen LogP contribution in [-0.4, -0.2) is 17.8 Å². The molecule has 2 rings (SSSR count). The summed E-state index contributed by atoms with van der Waals surface area (Å²) in [7, 11) is 0. The lowest BCUT2D eigenvalue weighted by atomic mass is 10.1. The van der Waals surface area contributed by atoms with Crippen LogP contribution in [0.2, 0.25) is 0 Å². The monoisotopic (exact) mass is 255 g/mol. The lowest BCUT2D eigenvalue weighted by Crippen LogP contribution is -2.31. The molecule has 1 unspecified atom stereocenters. The maximum Gasteiger partial charge on any atom is 0.255 e. The second-order valence-corrected chi connectivity index (χ2v) is 5.34. The van der Waals surface area contributed by atoms with Gasteiger partial charge in [0, 0.05) is 12.1 Å². The minimum atomic E-state index is -0.0804. The van der Waals surface area contributed by atoms with Crippen LogP contribution in [0.1, 0.15) is 40.3 Å². The fourth-order valence-corrected chi connectivity index (χ4v) is 2.36. The number of hydrogen-bond donors (Lipinski definition) is 1. The number of hydrogen-bond acceptors (Lipinski definition) is 2. The zero-order valence-corrected chi connectivity index (χ0v) is 11.2. The Hall–Kier alpha value is -0.960. The van der Waals surface area contributed by atoms with Gasteiger partial charge in [0.25, 0.3) is 5.91 Å². The van der Waals surface area contributed by atoms with Crippen molar-refractivity contribution in [1.82, 2.24) is 5.32 Å². The average molecular weight is 256 g/mol. The first kappa shape index (κ1) is 12.5. The van der Waals surface area contributed by atoms with Gasteiger partial charge < -0.3 is 9.73 Å². The third-order valence-electron chi connectivity index (χ3n) is 3.38. The Morgan fingerprint density at radius 3 is 2.53 bits per heavy atom. The minimum Gasteiger partial charge on any atom is -0.466 e. The van der Waals surface area contributed by atoms with Crippen LogP contribution in [0.25, 0.3) is 0 Å². The Morgan fingerprint density at radius 1 is 1.41 bits per heavy atom. The zero-order valence-electron chi connectivity index (χ0n) is 10.5. The van der Waals surface area contributed by atoms with Crippen molar-refractivity contribution in [3.8, 4) is 0 Å². The number of carbonyl (C=O) groups is 1. The second kappa shape index (κ2) is 4.73. The van der Waals surface area contributed by atoms with Crippen LogP contribution in [-0.2, 0) is 0 Å². The number of aryl methyl sites for hydroxylation is 2. The van der Waals surface area contributed by atoms with Crippen LogP contribution in [0.5, 0.6) is 0 Å². The molecule has 3 nitrogen and oxygen atoms in total. The first-order valence-corrected chi connectivity index (χ1v) is 6.43. The van der Waals surface area contributed by atoms with E-state index in [-0.39, 0.29) is 11.3 Å². The molecule has 1 atom stereocenters. The zero-order chi connectivity index (χ0) is 12.6. The van der Waals surface area contributed by atoms with E-state index in [4.69, 9.17) is 16.0 Å². The molecule has 1 amide bonds. The Kier molecular flexibility index (Phi) is 3.48. The van der Waals surface area contributed by atoms with Gasteiger partial charge in [-0.3, -0.25) is 4.79 Å². The van der Waals surface area contributed by atoms with Crippen molar-refractivity contribution in [3.05, 3.63) is 22.6 Å². The summed E-state index contributed by atoms with van der Waals surface area (Å²) >= 11 is 6.16. The van der Waals surface area contributed by atoms with Crippen molar-refractivity contribution < 1.29 is 9.21 Å². The van der Waals surface area contributed by atoms with Gasteiger partial charge in [0.2, 0.25) is 0 Å². The predicted molar refractivity (Wildman–Crippen MR) is 67.6 cm³/mol. The second-order valence-electron chi connectivity index (χ2n) is 4.78. The van der Waals surface area contributed by atoms with Gasteiger partial charge in [0.05, 0.1) is 10.9 Å². The molecule has 4 heteroatoms. The molecule has 1 N–H and O–H groups in total. The van der Waals surface area contributed by atoms with Crippen LogP contribution in [0, 0.1) is 26.7 Å². The average Bonchev–Trinajstić information content (AvgIpc) is 3.06. The lowest BCUT2D eigenvalue weighted by molar-refractivity contribution is 0.0951. The van der Waals surface area contributed by atoms with Crippen LogP contribution in [0.3, 0.4) is 0 Å². The summed E-state index contributed by atoms with van der Waals surface area (Å²) in [4.78, 5) is 12.0. The lowest BCUT2D eigenvalue weighted by Gasteiger charge is -2.09. The Morgan fingerprint density at radius 2 is 2.06 bits per heavy atom. The number of alkyl halides is 1. The Bertz CT molecular complexity index is 435. The van der Waals surface area contributed by atoms with E-state index < -0.39 is 0 Å². The maximum atomic E-state index is 12.0. The summed E-state index contributed by atoms with van der Waals surface area (Å²) in [5.74, 6) is 1.99. The van der Waals surface area contributed by atoms with Crippen molar-refractivity contribution in [2.75, 3.05) is 6.54 Å². The topological polar surface area (TPSA) is 42.2 Å². The molecule has 1 fully saturated rings. The first-order valence-electron chi connectivity index (χ1n) is 5.99. The van der Waals surface area contributed by atoms with E-state index in [9.17, 15) is 4.79 Å². The third kappa shape index (κ3) is 2.65. The van der Waals surface area contributed by atoms with E-state index in [1.807, 2.05) is 20.8 Å². The number of furan rings is 1. The van der Waals surface area contributed by atoms with E-state index in [2.05, 4.69) is 5.32 Å². The van der Waals surface area contributed by atoms with Gasteiger partial charge >= 0.3 is 0 Å². The third-order valence-corrected chi connectivity index (χ3v) is 3.89. The highest BCUT2D eigenvalue weighted by atomic mass is 35.5. The Balaban J connectivity index is 1.99. The fraction of sp³-hybridized carbons (Fsp3) is 0.615. The number of rotatable bonds is 4. The van der Waals surface area contributed by atoms with Crippen LogP contribution in [0.15, 0.2) is 4.42 Å². The molecule has 1 aliphatic carbocycles. The molecule has 94 valence electrons. The standard InChI is InChI=1S/C13H18ClNO2/c1-7-8(2)17-9(3)12(7)13(16)15-6-11(14)10-4-5-10/h10-11H,4-6H2,1-3H3,(H,15,16). The van der Waals surface area contributed by atoms with Gasteiger partial charge in [-0.15, -0.1) is 11.6 Å². The van der Waals surface area contributed by atoms with Crippen LogP contribution in [0.4, 0.5) is 0 Å². The van der Waals surface area contributed by atoms with E-state index in [1.54, 1.807) is 0 Å². The first-order chi connectivity index (χ1) is 8.00. The van der Waals surface area contributed by atoms with Gasteiger partial charge in [-0.2, -0.15) is 0 Å². The van der Waals surface area contributed by atoms with Gasteiger partial charge in [-0.1, -0.05) is 0 Å². The molecule has 0 aromatic carbocycles. The van der Waals surface area contributed by atoms with Crippen molar-refractivity contribution in [2.45, 2.75) is 39.0 Å². The molecule has 1 saturated carbocycles. The van der Waals surface area contributed by atoms with E-state index in [0.717, 1.165) is 11.3 Å². The molecule has 1 aromatic rings. The van der Waals surface area contributed by atoms with E-state index >= 15 is 0 Å². The SMILES string of the molecule is Cc1oc(C)c(C(=O)NCC(Cl)C2CC2)c1C. The molecule has 1 aromatic heterocycles. The van der Waals surface area contributed by atoms with Crippen LogP contribution < -0.4 is 5.32 Å². The van der Waals surface area contributed by atoms with Gasteiger partial charge in [0.15, 0.2) is 0 Å². The van der Waals surface area contributed by atoms with Gasteiger partial charge in [0.1, 0.15) is 11.5 Å². The number of halogens is 1. The maximum absolute atomic E-state index is 12.0. The van der Waals surface area contributed by atoms with E-state index in [1.165, 1.54) is 12.8 Å². The predicted octanol–water partition coefficient (Wildman–Crippen LogP) is 2.95. The number of carbonyl (C=O) groups excluding carboxylic acids is 1. The summed E-state index contributed by atoms with van der Waals surface area (Å²) in [5, 5.41) is 2.95. The van der Waals surface area contributed by atoms with E-state index in [0.29, 0.717) is 23.8 Å². The normalized spacial score (nSPS) is 16.9. The summed E-state index contributed by atoms with van der Waals surface area (Å²) in [6, 6.07) is 0. The summed E-state index contributed by atoms with van der Waals surface area (Å²) in [5.41, 5.74) is 1.57. The molecule has 0 radical (unpaired) electrons. The highest BCUT2D eigenvalue weighted by molar-refractivity contribution is 6.21. The molecular weight excluding hydrogens is 238 g/mol. The molecule has 0 bridgehead atoms. The molecule has 1 heterocycles.